The van der Waals surface area contributed by atoms with E-state index < -0.39 is 6.10 Å². The summed E-state index contributed by atoms with van der Waals surface area (Å²) in [4.78, 5) is 15.3. The highest BCUT2D eigenvalue weighted by atomic mass is 32.1. The Morgan fingerprint density at radius 2 is 2.14 bits per heavy atom. The van der Waals surface area contributed by atoms with Crippen molar-refractivity contribution in [2.45, 2.75) is 45.5 Å². The van der Waals surface area contributed by atoms with Crippen molar-refractivity contribution in [3.63, 3.8) is 0 Å². The van der Waals surface area contributed by atoms with Crippen molar-refractivity contribution in [2.24, 2.45) is 0 Å². The molecule has 0 spiro atoms. The van der Waals surface area contributed by atoms with Gasteiger partial charge in [-0.3, -0.25) is 4.90 Å². The average Bonchev–Trinajstić information content (AvgIpc) is 2.94. The van der Waals surface area contributed by atoms with Crippen LogP contribution in [0.25, 0.3) is 0 Å². The molecule has 1 N–H and O–H groups in total. The molecule has 6 heteroatoms. The van der Waals surface area contributed by atoms with Crippen LogP contribution >= 0.6 is 11.3 Å². The highest BCUT2D eigenvalue weighted by Crippen LogP contribution is 2.26. The van der Waals surface area contributed by atoms with E-state index in [1.165, 1.54) is 11.3 Å². The molecule has 3 unspecified atom stereocenters. The molecule has 2 rings (SSSR count). The summed E-state index contributed by atoms with van der Waals surface area (Å²) >= 11 is 1.31. The van der Waals surface area contributed by atoms with Gasteiger partial charge in [0.25, 0.3) is 0 Å². The lowest BCUT2D eigenvalue weighted by Crippen LogP contribution is -2.45. The average molecular weight is 327 g/mol. The van der Waals surface area contributed by atoms with Gasteiger partial charge in [-0.15, -0.1) is 11.3 Å². The topological polar surface area (TPSA) is 59.0 Å². The molecule has 1 saturated heterocycles. The van der Waals surface area contributed by atoms with Crippen LogP contribution < -0.4 is 0 Å². The van der Waals surface area contributed by atoms with E-state index in [1.807, 2.05) is 6.07 Å². The van der Waals surface area contributed by atoms with Gasteiger partial charge in [-0.05, 0) is 39.3 Å². The molecule has 0 radical (unpaired) electrons. The van der Waals surface area contributed by atoms with Gasteiger partial charge in [0.2, 0.25) is 0 Å². The zero-order valence-electron chi connectivity index (χ0n) is 13.4. The summed E-state index contributed by atoms with van der Waals surface area (Å²) in [6.07, 6.45) is 0.583. The molecule has 1 aliphatic heterocycles. The van der Waals surface area contributed by atoms with Crippen molar-refractivity contribution in [1.82, 2.24) is 4.90 Å². The fraction of sp³-hybridized carbons (Fsp3) is 0.688. The first kappa shape index (κ1) is 17.4. The van der Waals surface area contributed by atoms with Crippen LogP contribution in [0.5, 0.6) is 0 Å². The number of ether oxygens (including phenoxy) is 2. The van der Waals surface area contributed by atoms with Gasteiger partial charge < -0.3 is 14.6 Å². The highest BCUT2D eigenvalue weighted by molar-refractivity contribution is 7.14. The third-order valence-electron chi connectivity index (χ3n) is 3.65. The third kappa shape index (κ3) is 4.78. The van der Waals surface area contributed by atoms with Crippen molar-refractivity contribution in [2.75, 3.05) is 26.2 Å². The van der Waals surface area contributed by atoms with Crippen molar-refractivity contribution in [1.29, 1.82) is 0 Å². The predicted octanol–water partition coefficient (Wildman–Crippen LogP) is 2.46. The number of nitrogens with zero attached hydrogens (tertiary/aromatic N) is 1. The third-order valence-corrected chi connectivity index (χ3v) is 4.81. The second-order valence-corrected chi connectivity index (χ2v) is 6.86. The van der Waals surface area contributed by atoms with Crippen molar-refractivity contribution >= 4 is 17.3 Å². The monoisotopic (exact) mass is 327 g/mol. The summed E-state index contributed by atoms with van der Waals surface area (Å²) in [5.74, 6) is -0.318. The number of carbonyl (C=O) groups excluding carboxylic acids is 1. The number of hydrogen-bond acceptors (Lipinski definition) is 6. The number of aliphatic hydroxyl groups is 1. The Morgan fingerprint density at radius 3 is 2.77 bits per heavy atom. The van der Waals surface area contributed by atoms with Crippen LogP contribution in [0.2, 0.25) is 0 Å². The van der Waals surface area contributed by atoms with E-state index in [9.17, 15) is 9.90 Å². The molecule has 0 amide bonds. The second-order valence-electron chi connectivity index (χ2n) is 5.74. The van der Waals surface area contributed by atoms with Crippen LogP contribution in [-0.2, 0) is 9.47 Å². The zero-order chi connectivity index (χ0) is 16.1. The van der Waals surface area contributed by atoms with Crippen LogP contribution in [0.15, 0.2) is 12.1 Å². The minimum atomic E-state index is -0.540. The number of carbonyl (C=O) groups is 1. The standard InChI is InChI=1S/C16H25NO4S/c1-4-20-16(19)15-6-5-14(22-15)13(18)7-8-17-9-11(2)21-12(3)10-17/h5-6,11-13,18H,4,7-10H2,1-3H3. The Labute approximate surface area is 135 Å². The van der Waals surface area contributed by atoms with Gasteiger partial charge >= 0.3 is 5.97 Å². The molecule has 5 nitrogen and oxygen atoms in total. The Balaban J connectivity index is 1.84. The molecule has 1 aromatic rings. The van der Waals surface area contributed by atoms with E-state index in [2.05, 4.69) is 18.7 Å². The van der Waals surface area contributed by atoms with E-state index >= 15 is 0 Å². The molecule has 0 saturated carbocycles. The lowest BCUT2D eigenvalue weighted by Gasteiger charge is -2.35. The molecule has 0 aromatic carbocycles. The summed E-state index contributed by atoms with van der Waals surface area (Å²) in [6, 6.07) is 3.53. The number of morpholine rings is 1. The van der Waals surface area contributed by atoms with E-state index in [-0.39, 0.29) is 18.2 Å². The van der Waals surface area contributed by atoms with E-state index in [4.69, 9.17) is 9.47 Å². The first-order valence-electron chi connectivity index (χ1n) is 7.82. The summed E-state index contributed by atoms with van der Waals surface area (Å²) in [5.41, 5.74) is 0. The SMILES string of the molecule is CCOC(=O)c1ccc(C(O)CCN2CC(C)OC(C)C2)s1. The lowest BCUT2D eigenvalue weighted by atomic mass is 10.1. The van der Waals surface area contributed by atoms with Gasteiger partial charge in [0.15, 0.2) is 0 Å². The molecule has 1 aliphatic rings. The minimum Gasteiger partial charge on any atom is -0.462 e. The zero-order valence-corrected chi connectivity index (χ0v) is 14.3. The number of aliphatic hydroxyl groups excluding tert-OH is 1. The highest BCUT2D eigenvalue weighted by Gasteiger charge is 2.23. The van der Waals surface area contributed by atoms with E-state index in [0.29, 0.717) is 17.9 Å². The molecule has 2 heterocycles. The van der Waals surface area contributed by atoms with E-state index in [0.717, 1.165) is 24.5 Å². The number of thiophene rings is 1. The Bertz CT molecular complexity index is 480. The normalized spacial score (nSPS) is 24.2. The first-order valence-corrected chi connectivity index (χ1v) is 8.64. The van der Waals surface area contributed by atoms with Gasteiger partial charge in [-0.25, -0.2) is 4.79 Å². The fourth-order valence-electron chi connectivity index (χ4n) is 2.76. The fourth-order valence-corrected chi connectivity index (χ4v) is 3.68. The molecule has 3 atom stereocenters. The Hall–Kier alpha value is -0.950. The smallest absolute Gasteiger partial charge is 0.348 e. The molecule has 1 aromatic heterocycles. The molecule has 124 valence electrons. The lowest BCUT2D eigenvalue weighted by molar-refractivity contribution is -0.0702. The van der Waals surface area contributed by atoms with Crippen molar-refractivity contribution in [3.05, 3.63) is 21.9 Å². The van der Waals surface area contributed by atoms with Gasteiger partial charge in [-0.2, -0.15) is 0 Å². The maximum absolute atomic E-state index is 11.6. The largest absolute Gasteiger partial charge is 0.462 e. The number of hydrogen-bond donors (Lipinski definition) is 1. The van der Waals surface area contributed by atoms with Crippen molar-refractivity contribution < 1.29 is 19.4 Å². The van der Waals surface area contributed by atoms with Crippen molar-refractivity contribution in [3.8, 4) is 0 Å². The summed E-state index contributed by atoms with van der Waals surface area (Å²) < 4.78 is 10.7. The van der Waals surface area contributed by atoms with Crippen LogP contribution in [-0.4, -0.2) is 54.4 Å². The molecule has 22 heavy (non-hydrogen) atoms. The summed E-state index contributed by atoms with van der Waals surface area (Å²) in [7, 11) is 0. The van der Waals surface area contributed by atoms with Crippen LogP contribution in [0.3, 0.4) is 0 Å². The number of rotatable bonds is 6. The van der Waals surface area contributed by atoms with E-state index in [1.54, 1.807) is 13.0 Å². The Morgan fingerprint density at radius 1 is 1.45 bits per heavy atom. The quantitative estimate of drug-likeness (QED) is 0.813. The van der Waals surface area contributed by atoms with Gasteiger partial charge in [0.05, 0.1) is 24.9 Å². The second kappa shape index (κ2) is 8.06. The maximum Gasteiger partial charge on any atom is 0.348 e. The van der Waals surface area contributed by atoms with Crippen LogP contribution in [0.1, 0.15) is 47.8 Å². The number of esters is 1. The van der Waals surface area contributed by atoms with Gasteiger partial charge in [0, 0.05) is 24.5 Å². The molecular formula is C16H25NO4S. The maximum atomic E-state index is 11.6. The minimum absolute atomic E-state index is 0.234. The summed E-state index contributed by atoms with van der Waals surface area (Å²) in [5, 5.41) is 10.3. The summed E-state index contributed by atoms with van der Waals surface area (Å²) in [6.45, 7) is 8.92. The molecule has 0 aliphatic carbocycles. The Kier molecular flexibility index (Phi) is 6.37. The van der Waals surface area contributed by atoms with Crippen LogP contribution in [0, 0.1) is 0 Å². The molecule has 1 fully saturated rings. The molecule has 0 bridgehead atoms. The van der Waals surface area contributed by atoms with Gasteiger partial charge in [0.1, 0.15) is 4.88 Å². The first-order chi connectivity index (χ1) is 10.5. The van der Waals surface area contributed by atoms with Crippen LogP contribution in [0.4, 0.5) is 0 Å². The predicted molar refractivity (Wildman–Crippen MR) is 86.3 cm³/mol. The van der Waals surface area contributed by atoms with Gasteiger partial charge in [-0.1, -0.05) is 0 Å². The molecular weight excluding hydrogens is 302 g/mol.